The quantitative estimate of drug-likeness (QED) is 0.564. The van der Waals surface area contributed by atoms with Crippen molar-refractivity contribution in [2.45, 2.75) is 37.5 Å². The molecule has 0 saturated carbocycles. The van der Waals surface area contributed by atoms with Gasteiger partial charge in [-0.3, -0.25) is 9.69 Å². The number of aliphatic carboxylic acids is 2. The number of amides is 1. The summed E-state index contributed by atoms with van der Waals surface area (Å²) in [6, 6.07) is 6.50. The first-order valence-electron chi connectivity index (χ1n) is 10.2. The number of carbonyl (C=O) groups excluding carboxylic acids is 1. The Morgan fingerprint density at radius 1 is 0.968 bits per heavy atom. The highest BCUT2D eigenvalue weighted by atomic mass is 32.2. The number of sulfonamides is 1. The van der Waals surface area contributed by atoms with Gasteiger partial charge in [0.2, 0.25) is 15.9 Å². The molecule has 0 radical (unpaired) electrons. The summed E-state index contributed by atoms with van der Waals surface area (Å²) >= 11 is 0. The Labute approximate surface area is 181 Å². The predicted octanol–water partition coefficient (Wildman–Crippen LogP) is 1.30. The van der Waals surface area contributed by atoms with Crippen LogP contribution >= 0.6 is 0 Å². The molecule has 0 spiro atoms. The Balaban J connectivity index is 0.000000501. The van der Waals surface area contributed by atoms with E-state index in [1.807, 2.05) is 0 Å². The molecular weight excluding hydrogens is 426 g/mol. The van der Waals surface area contributed by atoms with Crippen LogP contribution in [0.2, 0.25) is 0 Å². The third-order valence-electron chi connectivity index (χ3n) is 5.27. The fraction of sp³-hybridized carbons (Fsp3) is 0.550. The lowest BCUT2D eigenvalue weighted by Gasteiger charge is -2.29. The standard InChI is InChI=1S/C18H27N3O3S.C2H2O4/c1-15-8-12-21(13-9-15)25(23,24)17-6-4-16(5-7-17)19-18(22)14-20-10-2-3-11-20;3-1(4)2(5)6/h4-7,15H,2-3,8-14H2,1H3,(H,19,22);(H,3,4)(H,5,6). The third-order valence-corrected chi connectivity index (χ3v) is 7.18. The number of piperidine rings is 1. The van der Waals surface area contributed by atoms with E-state index in [-0.39, 0.29) is 5.91 Å². The lowest BCUT2D eigenvalue weighted by molar-refractivity contribution is -0.159. The summed E-state index contributed by atoms with van der Waals surface area (Å²) in [6.45, 7) is 5.66. The highest BCUT2D eigenvalue weighted by Crippen LogP contribution is 2.24. The van der Waals surface area contributed by atoms with Gasteiger partial charge in [0, 0.05) is 18.8 Å². The molecule has 2 saturated heterocycles. The molecule has 1 amide bonds. The minimum Gasteiger partial charge on any atom is -0.473 e. The monoisotopic (exact) mass is 455 g/mol. The molecule has 2 aliphatic heterocycles. The molecule has 2 fully saturated rings. The number of carboxylic acid groups (broad SMARTS) is 2. The lowest BCUT2D eigenvalue weighted by Crippen LogP contribution is -2.37. The normalized spacial score (nSPS) is 18.1. The van der Waals surface area contributed by atoms with Gasteiger partial charge in [-0.05, 0) is 69.0 Å². The van der Waals surface area contributed by atoms with Crippen LogP contribution in [0.25, 0.3) is 0 Å². The number of nitrogens with one attached hydrogen (secondary N) is 1. The molecule has 1 aromatic carbocycles. The number of carbonyl (C=O) groups is 3. The third kappa shape index (κ3) is 7.60. The van der Waals surface area contributed by atoms with Crippen LogP contribution < -0.4 is 5.32 Å². The van der Waals surface area contributed by atoms with E-state index in [1.165, 1.54) is 0 Å². The number of nitrogens with zero attached hydrogens (tertiary/aromatic N) is 2. The average molecular weight is 456 g/mol. The number of benzene rings is 1. The van der Waals surface area contributed by atoms with Gasteiger partial charge in [0.05, 0.1) is 11.4 Å². The van der Waals surface area contributed by atoms with Crippen LogP contribution in [-0.2, 0) is 24.4 Å². The fourth-order valence-electron chi connectivity index (χ4n) is 3.43. The van der Waals surface area contributed by atoms with E-state index in [1.54, 1.807) is 28.6 Å². The van der Waals surface area contributed by atoms with Crippen molar-refractivity contribution in [3.63, 3.8) is 0 Å². The highest BCUT2D eigenvalue weighted by molar-refractivity contribution is 7.89. The van der Waals surface area contributed by atoms with Crippen molar-refractivity contribution in [2.75, 3.05) is 38.0 Å². The lowest BCUT2D eigenvalue weighted by atomic mass is 10.0. The Hall–Kier alpha value is -2.50. The molecule has 1 aromatic rings. The molecule has 172 valence electrons. The Kier molecular flexibility index (Phi) is 8.96. The molecule has 0 bridgehead atoms. The first kappa shape index (κ1) is 24.8. The zero-order valence-corrected chi connectivity index (χ0v) is 18.3. The van der Waals surface area contributed by atoms with Gasteiger partial charge in [0.1, 0.15) is 0 Å². The summed E-state index contributed by atoms with van der Waals surface area (Å²) in [7, 11) is -3.44. The molecule has 0 aliphatic carbocycles. The summed E-state index contributed by atoms with van der Waals surface area (Å²) < 4.78 is 26.9. The van der Waals surface area contributed by atoms with Gasteiger partial charge in [-0.15, -0.1) is 0 Å². The maximum atomic E-state index is 12.7. The molecular formula is C20H29N3O7S. The Bertz CT molecular complexity index is 861. The summed E-state index contributed by atoms with van der Waals surface area (Å²) in [6.07, 6.45) is 4.11. The van der Waals surface area contributed by atoms with Crippen molar-refractivity contribution in [3.05, 3.63) is 24.3 Å². The molecule has 2 aliphatic rings. The van der Waals surface area contributed by atoms with E-state index >= 15 is 0 Å². The molecule has 31 heavy (non-hydrogen) atoms. The van der Waals surface area contributed by atoms with Crippen LogP contribution in [0.4, 0.5) is 5.69 Å². The van der Waals surface area contributed by atoms with E-state index in [0.29, 0.717) is 36.1 Å². The Morgan fingerprint density at radius 3 is 1.97 bits per heavy atom. The van der Waals surface area contributed by atoms with E-state index in [4.69, 9.17) is 19.8 Å². The first-order valence-corrected chi connectivity index (χ1v) is 11.6. The molecule has 3 rings (SSSR count). The molecule has 3 N–H and O–H groups in total. The average Bonchev–Trinajstić information content (AvgIpc) is 3.22. The van der Waals surface area contributed by atoms with E-state index in [2.05, 4.69) is 17.1 Å². The molecule has 2 heterocycles. The van der Waals surface area contributed by atoms with Crippen molar-refractivity contribution in [3.8, 4) is 0 Å². The van der Waals surface area contributed by atoms with Crippen LogP contribution in [0.15, 0.2) is 29.2 Å². The van der Waals surface area contributed by atoms with Crippen molar-refractivity contribution >= 4 is 33.6 Å². The number of hydrogen-bond donors (Lipinski definition) is 3. The minimum atomic E-state index is -3.44. The summed E-state index contributed by atoms with van der Waals surface area (Å²) in [5.74, 6) is -3.12. The van der Waals surface area contributed by atoms with Crippen molar-refractivity contribution in [1.82, 2.24) is 9.21 Å². The zero-order valence-electron chi connectivity index (χ0n) is 17.5. The summed E-state index contributed by atoms with van der Waals surface area (Å²) in [5.41, 5.74) is 0.635. The van der Waals surface area contributed by atoms with Gasteiger partial charge >= 0.3 is 11.9 Å². The smallest absolute Gasteiger partial charge is 0.414 e. The second kappa shape index (κ2) is 11.2. The van der Waals surface area contributed by atoms with Gasteiger partial charge in [-0.2, -0.15) is 4.31 Å². The molecule has 10 nitrogen and oxygen atoms in total. The van der Waals surface area contributed by atoms with E-state index in [0.717, 1.165) is 38.8 Å². The maximum absolute atomic E-state index is 12.7. The number of carboxylic acids is 2. The Morgan fingerprint density at radius 2 is 1.48 bits per heavy atom. The zero-order chi connectivity index (χ0) is 23.0. The largest absolute Gasteiger partial charge is 0.473 e. The topological polar surface area (TPSA) is 144 Å². The van der Waals surface area contributed by atoms with Crippen LogP contribution in [0.5, 0.6) is 0 Å². The molecule has 11 heteroatoms. The second-order valence-corrected chi connectivity index (χ2v) is 9.69. The fourth-order valence-corrected chi connectivity index (χ4v) is 4.90. The molecule has 0 atom stereocenters. The van der Waals surface area contributed by atoms with Gasteiger partial charge < -0.3 is 15.5 Å². The van der Waals surface area contributed by atoms with Crippen molar-refractivity contribution in [2.24, 2.45) is 5.92 Å². The van der Waals surface area contributed by atoms with Gasteiger partial charge in [-0.1, -0.05) is 6.92 Å². The van der Waals surface area contributed by atoms with Crippen LogP contribution in [0, 0.1) is 5.92 Å². The predicted molar refractivity (Wildman–Crippen MR) is 113 cm³/mol. The van der Waals surface area contributed by atoms with Crippen LogP contribution in [0.3, 0.4) is 0 Å². The number of hydrogen-bond acceptors (Lipinski definition) is 6. The van der Waals surface area contributed by atoms with E-state index in [9.17, 15) is 13.2 Å². The van der Waals surface area contributed by atoms with Crippen LogP contribution in [-0.4, -0.2) is 78.4 Å². The minimum absolute atomic E-state index is 0.0532. The number of rotatable bonds is 5. The van der Waals surface area contributed by atoms with Gasteiger partial charge in [0.25, 0.3) is 0 Å². The van der Waals surface area contributed by atoms with Crippen molar-refractivity contribution in [1.29, 1.82) is 0 Å². The number of likely N-dealkylation sites (tertiary alicyclic amines) is 1. The van der Waals surface area contributed by atoms with E-state index < -0.39 is 22.0 Å². The summed E-state index contributed by atoms with van der Waals surface area (Å²) in [4.78, 5) is 32.7. The molecule has 0 aromatic heterocycles. The first-order chi connectivity index (χ1) is 14.6. The second-order valence-electron chi connectivity index (χ2n) is 7.75. The van der Waals surface area contributed by atoms with Gasteiger partial charge in [-0.25, -0.2) is 18.0 Å². The SMILES string of the molecule is CC1CCN(S(=O)(=O)c2ccc(NC(=O)CN3CCCC3)cc2)CC1.O=C(O)C(=O)O. The van der Waals surface area contributed by atoms with Crippen LogP contribution in [0.1, 0.15) is 32.6 Å². The number of anilines is 1. The summed E-state index contributed by atoms with van der Waals surface area (Å²) in [5, 5.41) is 17.6. The maximum Gasteiger partial charge on any atom is 0.414 e. The van der Waals surface area contributed by atoms with Crippen molar-refractivity contribution < 1.29 is 33.0 Å². The van der Waals surface area contributed by atoms with Gasteiger partial charge in [0.15, 0.2) is 0 Å². The molecule has 0 unspecified atom stereocenters. The highest BCUT2D eigenvalue weighted by Gasteiger charge is 2.28.